The summed E-state index contributed by atoms with van der Waals surface area (Å²) in [6.45, 7) is 10.1. The Kier molecular flexibility index (Phi) is 3.84. The minimum absolute atomic E-state index is 0.0472. The Labute approximate surface area is 121 Å². The number of hydrogen-bond acceptors (Lipinski definition) is 4. The Bertz CT molecular complexity index is 774. The van der Waals surface area contributed by atoms with Crippen molar-refractivity contribution < 1.29 is 4.39 Å². The van der Waals surface area contributed by atoms with Gasteiger partial charge in [-0.2, -0.15) is 0 Å². The van der Waals surface area contributed by atoms with Gasteiger partial charge in [0.25, 0.3) is 5.56 Å². The van der Waals surface area contributed by atoms with Crippen LogP contribution < -0.4 is 5.56 Å². The number of nitrogens with zero attached hydrogens (tertiary/aromatic N) is 5. The number of halogens is 1. The first-order valence-corrected chi connectivity index (χ1v) is 6.31. The molecule has 0 saturated heterocycles. The molecule has 0 bridgehead atoms. The van der Waals surface area contributed by atoms with Crippen LogP contribution in [0.2, 0.25) is 0 Å². The van der Waals surface area contributed by atoms with Gasteiger partial charge in [-0.3, -0.25) is 9.79 Å². The molecule has 110 valence electrons. The van der Waals surface area contributed by atoms with Gasteiger partial charge in [0.2, 0.25) is 0 Å². The fraction of sp³-hybridized carbons (Fsp3) is 0.286. The maximum atomic E-state index is 13.2. The lowest BCUT2D eigenvalue weighted by molar-refractivity contribution is 0.553. The minimum atomic E-state index is -0.668. The highest BCUT2D eigenvalue weighted by atomic mass is 19.1. The van der Waals surface area contributed by atoms with Crippen LogP contribution in [0.5, 0.6) is 0 Å². The highest BCUT2D eigenvalue weighted by molar-refractivity contribution is 5.50. The molecule has 0 spiro atoms. The average molecular weight is 289 g/mol. The molecule has 1 atom stereocenters. The summed E-state index contributed by atoms with van der Waals surface area (Å²) >= 11 is 0. The van der Waals surface area contributed by atoms with Crippen LogP contribution >= 0.6 is 0 Å². The van der Waals surface area contributed by atoms with Gasteiger partial charge in [-0.15, -0.1) is 10.2 Å². The lowest BCUT2D eigenvalue weighted by atomic mass is 10.2. The molecule has 2 heterocycles. The molecule has 0 aliphatic heterocycles. The van der Waals surface area contributed by atoms with Crippen molar-refractivity contribution in [1.29, 1.82) is 0 Å². The molecule has 0 aromatic carbocycles. The van der Waals surface area contributed by atoms with Crippen molar-refractivity contribution in [2.45, 2.75) is 19.9 Å². The summed E-state index contributed by atoms with van der Waals surface area (Å²) in [6, 6.07) is 1.30. The fourth-order valence-corrected chi connectivity index (χ4v) is 2.19. The van der Waals surface area contributed by atoms with Crippen LogP contribution in [-0.2, 0) is 7.05 Å². The predicted molar refractivity (Wildman–Crippen MR) is 79.6 cm³/mol. The zero-order chi connectivity index (χ0) is 15.7. The van der Waals surface area contributed by atoms with E-state index in [1.54, 1.807) is 33.2 Å². The van der Waals surface area contributed by atoms with Crippen molar-refractivity contribution in [3.8, 4) is 0 Å². The highest BCUT2D eigenvalue weighted by Crippen LogP contribution is 2.20. The van der Waals surface area contributed by atoms with Gasteiger partial charge < -0.3 is 9.13 Å². The summed E-state index contributed by atoms with van der Waals surface area (Å²) in [4.78, 5) is 16.1. The number of aromatic nitrogens is 4. The lowest BCUT2D eigenvalue weighted by Gasteiger charge is -2.15. The van der Waals surface area contributed by atoms with Crippen molar-refractivity contribution in [2.24, 2.45) is 12.0 Å². The van der Waals surface area contributed by atoms with E-state index in [0.717, 1.165) is 0 Å². The molecule has 0 radical (unpaired) electrons. The van der Waals surface area contributed by atoms with Gasteiger partial charge in [0.15, 0.2) is 17.5 Å². The standard InChI is InChI=1S/C14H16FN5O/c1-8-11(16-4)6-7-20(14(8)21)10(3)13-18-17-12(9(2)15)19(13)5/h6-7,10H,2,4H2,1,3,5H3. The topological polar surface area (TPSA) is 65.1 Å². The van der Waals surface area contributed by atoms with Crippen LogP contribution in [0.4, 0.5) is 10.1 Å². The fourth-order valence-electron chi connectivity index (χ4n) is 2.19. The monoisotopic (exact) mass is 289 g/mol. The SMILES string of the molecule is C=Nc1ccn(C(C)c2nnc(C(=C)F)n2C)c(=O)c1C. The summed E-state index contributed by atoms with van der Waals surface area (Å²) in [5.74, 6) is -0.159. The second kappa shape index (κ2) is 5.43. The van der Waals surface area contributed by atoms with Crippen LogP contribution in [0.1, 0.15) is 30.2 Å². The van der Waals surface area contributed by atoms with Gasteiger partial charge in [-0.25, -0.2) is 4.39 Å². The van der Waals surface area contributed by atoms with E-state index in [1.807, 2.05) is 0 Å². The van der Waals surface area contributed by atoms with Crippen LogP contribution in [0.3, 0.4) is 0 Å². The second-order valence-corrected chi connectivity index (χ2v) is 4.72. The van der Waals surface area contributed by atoms with Gasteiger partial charge in [0.1, 0.15) is 0 Å². The maximum Gasteiger partial charge on any atom is 0.256 e. The maximum absolute atomic E-state index is 13.2. The molecule has 0 amide bonds. The average Bonchev–Trinajstić information content (AvgIpc) is 2.83. The van der Waals surface area contributed by atoms with E-state index in [-0.39, 0.29) is 11.4 Å². The van der Waals surface area contributed by atoms with Gasteiger partial charge in [0, 0.05) is 18.8 Å². The van der Waals surface area contributed by atoms with Crippen molar-refractivity contribution in [2.75, 3.05) is 0 Å². The Morgan fingerprint density at radius 3 is 2.67 bits per heavy atom. The molecule has 2 aromatic heterocycles. The van der Waals surface area contributed by atoms with E-state index in [2.05, 4.69) is 28.5 Å². The van der Waals surface area contributed by atoms with Gasteiger partial charge in [0.05, 0.1) is 11.7 Å². The van der Waals surface area contributed by atoms with Crippen molar-refractivity contribution in [3.63, 3.8) is 0 Å². The summed E-state index contributed by atoms with van der Waals surface area (Å²) in [7, 11) is 1.63. The molecular weight excluding hydrogens is 273 g/mol. The molecule has 2 rings (SSSR count). The normalized spacial score (nSPS) is 12.2. The lowest BCUT2D eigenvalue weighted by Crippen LogP contribution is -2.26. The first kappa shape index (κ1) is 14.8. The third kappa shape index (κ3) is 2.42. The molecule has 21 heavy (non-hydrogen) atoms. The van der Waals surface area contributed by atoms with E-state index >= 15 is 0 Å². The molecule has 0 aliphatic carbocycles. The van der Waals surface area contributed by atoms with Crippen molar-refractivity contribution in [3.05, 3.63) is 46.4 Å². The summed E-state index contributed by atoms with van der Waals surface area (Å²) < 4.78 is 16.2. The quantitative estimate of drug-likeness (QED) is 0.810. The number of rotatable bonds is 4. The molecule has 0 N–H and O–H groups in total. The third-order valence-electron chi connectivity index (χ3n) is 3.44. The van der Waals surface area contributed by atoms with E-state index in [4.69, 9.17) is 0 Å². The van der Waals surface area contributed by atoms with E-state index in [0.29, 0.717) is 17.1 Å². The molecule has 7 heteroatoms. The number of hydrogen-bond donors (Lipinski definition) is 0. The molecule has 2 aromatic rings. The van der Waals surface area contributed by atoms with Crippen molar-refractivity contribution >= 4 is 18.2 Å². The zero-order valence-electron chi connectivity index (χ0n) is 12.2. The highest BCUT2D eigenvalue weighted by Gasteiger charge is 2.20. The van der Waals surface area contributed by atoms with E-state index in [9.17, 15) is 9.18 Å². The predicted octanol–water partition coefficient (Wildman–Crippen LogP) is 2.17. The first-order valence-electron chi connectivity index (χ1n) is 6.31. The summed E-state index contributed by atoms with van der Waals surface area (Å²) in [5, 5.41) is 7.69. The molecule has 0 aliphatic rings. The van der Waals surface area contributed by atoms with Gasteiger partial charge >= 0.3 is 0 Å². The summed E-state index contributed by atoms with van der Waals surface area (Å²) in [6.07, 6.45) is 1.61. The first-order chi connectivity index (χ1) is 9.88. The zero-order valence-corrected chi connectivity index (χ0v) is 12.2. The Morgan fingerprint density at radius 2 is 2.14 bits per heavy atom. The number of aliphatic imine (C=N–C) groups is 1. The summed E-state index contributed by atoms with van der Waals surface area (Å²) in [5.41, 5.74) is 0.840. The largest absolute Gasteiger partial charge is 0.310 e. The second-order valence-electron chi connectivity index (χ2n) is 4.72. The smallest absolute Gasteiger partial charge is 0.256 e. The van der Waals surface area contributed by atoms with E-state index in [1.165, 1.54) is 9.13 Å². The third-order valence-corrected chi connectivity index (χ3v) is 3.44. The minimum Gasteiger partial charge on any atom is -0.310 e. The molecule has 1 unspecified atom stereocenters. The van der Waals surface area contributed by atoms with Crippen LogP contribution in [0.25, 0.3) is 5.83 Å². The van der Waals surface area contributed by atoms with E-state index < -0.39 is 11.9 Å². The Morgan fingerprint density at radius 1 is 1.48 bits per heavy atom. The molecule has 6 nitrogen and oxygen atoms in total. The van der Waals surface area contributed by atoms with Crippen molar-refractivity contribution in [1.82, 2.24) is 19.3 Å². The Balaban J connectivity index is 2.53. The van der Waals surface area contributed by atoms with Crippen LogP contribution in [0.15, 0.2) is 28.6 Å². The molecule has 0 fully saturated rings. The van der Waals surface area contributed by atoms with Crippen LogP contribution in [-0.4, -0.2) is 26.0 Å². The Hall–Kier alpha value is -2.57. The van der Waals surface area contributed by atoms with Gasteiger partial charge in [-0.1, -0.05) is 6.58 Å². The molecular formula is C14H16FN5O. The molecule has 0 saturated carbocycles. The van der Waals surface area contributed by atoms with Crippen LogP contribution in [0, 0.1) is 6.92 Å². The van der Waals surface area contributed by atoms with Gasteiger partial charge in [-0.05, 0) is 26.6 Å². The number of pyridine rings is 1.